The lowest BCUT2D eigenvalue weighted by atomic mass is 9.94. The number of carbonyl (C=O) groups excluding carboxylic acids is 1. The smallest absolute Gasteiger partial charge is 0.251 e. The van der Waals surface area contributed by atoms with E-state index < -0.39 is 5.95 Å². The Kier molecular flexibility index (Phi) is 5.68. The van der Waals surface area contributed by atoms with Gasteiger partial charge in [-0.15, -0.1) is 0 Å². The Hall–Kier alpha value is -3.16. The van der Waals surface area contributed by atoms with Crippen molar-refractivity contribution in [3.05, 3.63) is 64.6 Å². The molecule has 0 spiro atoms. The Labute approximate surface area is 197 Å². The number of rotatable bonds is 3. The Balaban J connectivity index is 1.51. The summed E-state index contributed by atoms with van der Waals surface area (Å²) in [5.74, 6) is -0.648. The third-order valence-electron chi connectivity index (χ3n) is 6.46. The summed E-state index contributed by atoms with van der Waals surface area (Å²) < 4.78 is 14.9. The van der Waals surface area contributed by atoms with Crippen molar-refractivity contribution in [3.63, 3.8) is 0 Å². The van der Waals surface area contributed by atoms with Gasteiger partial charge in [-0.1, -0.05) is 29.8 Å². The maximum absolute atomic E-state index is 14.9. The molecule has 0 bridgehead atoms. The molecule has 33 heavy (non-hydrogen) atoms. The van der Waals surface area contributed by atoms with E-state index >= 15 is 0 Å². The molecule has 5 rings (SSSR count). The van der Waals surface area contributed by atoms with Crippen molar-refractivity contribution in [1.29, 1.82) is 0 Å². The number of fused-ring (bicyclic) bond motifs is 1. The van der Waals surface area contributed by atoms with Crippen LogP contribution in [-0.4, -0.2) is 55.6 Å². The van der Waals surface area contributed by atoms with E-state index in [0.29, 0.717) is 33.8 Å². The van der Waals surface area contributed by atoms with Crippen molar-refractivity contribution in [1.82, 2.24) is 15.2 Å². The van der Waals surface area contributed by atoms with Crippen molar-refractivity contribution >= 4 is 29.0 Å². The van der Waals surface area contributed by atoms with Gasteiger partial charge in [-0.3, -0.25) is 4.79 Å². The van der Waals surface area contributed by atoms with Gasteiger partial charge in [0.1, 0.15) is 5.82 Å². The zero-order valence-electron chi connectivity index (χ0n) is 18.4. The first-order valence-electron chi connectivity index (χ1n) is 11.0. The maximum Gasteiger partial charge on any atom is 0.251 e. The highest BCUT2D eigenvalue weighted by molar-refractivity contribution is 6.33. The number of likely N-dealkylation sites (N-methyl/N-ethyl adjacent to an activating group) is 1. The van der Waals surface area contributed by atoms with Gasteiger partial charge in [0.05, 0.1) is 5.02 Å². The van der Waals surface area contributed by atoms with Gasteiger partial charge in [-0.2, -0.15) is 4.39 Å². The quantitative estimate of drug-likeness (QED) is 0.575. The number of benzene rings is 2. The number of halogens is 2. The van der Waals surface area contributed by atoms with E-state index in [0.717, 1.165) is 49.4 Å². The molecule has 1 fully saturated rings. The zero-order chi connectivity index (χ0) is 23.1. The number of amides is 1. The summed E-state index contributed by atoms with van der Waals surface area (Å²) in [6.07, 6.45) is 0.732. The largest absolute Gasteiger partial charge is 0.383 e. The highest BCUT2D eigenvalue weighted by Gasteiger charge is 2.21. The Bertz CT molecular complexity index is 1240. The summed E-state index contributed by atoms with van der Waals surface area (Å²) in [5.41, 5.74) is 11.0. The summed E-state index contributed by atoms with van der Waals surface area (Å²) >= 11 is 6.63. The highest BCUT2D eigenvalue weighted by Crippen LogP contribution is 2.37. The van der Waals surface area contributed by atoms with Crippen LogP contribution in [0.5, 0.6) is 0 Å². The summed E-state index contributed by atoms with van der Waals surface area (Å²) in [6, 6.07) is 12.9. The molecule has 170 valence electrons. The van der Waals surface area contributed by atoms with Crippen LogP contribution >= 0.6 is 11.6 Å². The van der Waals surface area contributed by atoms with Crippen LogP contribution in [0.4, 0.5) is 15.9 Å². The number of aromatic nitrogens is 1. The van der Waals surface area contributed by atoms with E-state index in [-0.39, 0.29) is 11.7 Å². The average molecular weight is 466 g/mol. The van der Waals surface area contributed by atoms with Gasteiger partial charge < -0.3 is 20.9 Å². The lowest BCUT2D eigenvalue weighted by Gasteiger charge is -2.34. The van der Waals surface area contributed by atoms with E-state index in [1.54, 1.807) is 12.1 Å². The van der Waals surface area contributed by atoms with Gasteiger partial charge in [0.25, 0.3) is 5.91 Å². The van der Waals surface area contributed by atoms with Crippen molar-refractivity contribution < 1.29 is 9.18 Å². The van der Waals surface area contributed by atoms with Crippen LogP contribution in [0, 0.1) is 5.95 Å². The summed E-state index contributed by atoms with van der Waals surface area (Å²) in [5, 5.41) is 3.30. The Morgan fingerprint density at radius 3 is 2.52 bits per heavy atom. The minimum atomic E-state index is -0.664. The molecule has 3 N–H and O–H groups in total. The minimum Gasteiger partial charge on any atom is -0.383 e. The van der Waals surface area contributed by atoms with Gasteiger partial charge in [0.15, 0.2) is 0 Å². The molecular weight excluding hydrogens is 441 g/mol. The lowest BCUT2D eigenvalue weighted by molar-refractivity contribution is 0.0946. The number of carbonyl (C=O) groups is 1. The van der Waals surface area contributed by atoms with Crippen LogP contribution in [0.25, 0.3) is 22.3 Å². The normalized spacial score (nSPS) is 16.5. The van der Waals surface area contributed by atoms with Crippen molar-refractivity contribution in [2.75, 3.05) is 50.4 Å². The molecule has 3 aromatic rings. The molecule has 2 aromatic carbocycles. The SMILES string of the molecule is CN1CCN(c2ccc(-c3cc(-c4ccc5c(c4)CCNC5=O)c(N)nc3F)c(Cl)c2)CC1. The number of nitrogens with one attached hydrogen (secondary N) is 1. The highest BCUT2D eigenvalue weighted by atomic mass is 35.5. The van der Waals surface area contributed by atoms with Gasteiger partial charge in [0, 0.05) is 60.7 Å². The molecule has 2 aliphatic rings. The van der Waals surface area contributed by atoms with Gasteiger partial charge in [-0.05, 0) is 48.9 Å². The second-order valence-electron chi connectivity index (χ2n) is 8.59. The molecule has 1 amide bonds. The molecule has 8 heteroatoms. The molecular formula is C25H25ClFN5O. The standard InChI is InChI=1S/C25H25ClFN5O/c1-31-8-10-32(11-9-31)17-3-5-19(22(26)13-17)21-14-20(24(28)30-23(21)27)15-2-4-18-16(12-15)6-7-29-25(18)33/h2-5,12-14H,6-11H2,1H3,(H2,28,30)(H,29,33). The Morgan fingerprint density at radius 1 is 1.00 bits per heavy atom. The molecule has 0 radical (unpaired) electrons. The van der Waals surface area contributed by atoms with Gasteiger partial charge in [0.2, 0.25) is 5.95 Å². The number of piperazine rings is 1. The van der Waals surface area contributed by atoms with Crippen molar-refractivity contribution in [2.24, 2.45) is 0 Å². The number of pyridine rings is 1. The molecule has 0 atom stereocenters. The lowest BCUT2D eigenvalue weighted by Crippen LogP contribution is -2.44. The van der Waals surface area contributed by atoms with Crippen LogP contribution < -0.4 is 16.0 Å². The molecule has 0 unspecified atom stereocenters. The topological polar surface area (TPSA) is 74.5 Å². The van der Waals surface area contributed by atoms with E-state index in [9.17, 15) is 9.18 Å². The number of hydrogen-bond donors (Lipinski definition) is 2. The number of nitrogens with two attached hydrogens (primary N) is 1. The van der Waals surface area contributed by atoms with Crippen LogP contribution in [-0.2, 0) is 6.42 Å². The maximum atomic E-state index is 14.9. The second-order valence-corrected chi connectivity index (χ2v) is 9.00. The van der Waals surface area contributed by atoms with Gasteiger partial charge in [-0.25, -0.2) is 4.98 Å². The number of nitrogens with zero attached hydrogens (tertiary/aromatic N) is 3. The number of nitrogen functional groups attached to an aromatic ring is 1. The molecule has 0 aliphatic carbocycles. The molecule has 0 saturated carbocycles. The second kappa shape index (κ2) is 8.65. The molecule has 6 nitrogen and oxygen atoms in total. The van der Waals surface area contributed by atoms with E-state index in [4.69, 9.17) is 17.3 Å². The van der Waals surface area contributed by atoms with Crippen LogP contribution in [0.3, 0.4) is 0 Å². The Morgan fingerprint density at radius 2 is 1.76 bits per heavy atom. The minimum absolute atomic E-state index is 0.0825. The first kappa shape index (κ1) is 21.7. The van der Waals surface area contributed by atoms with E-state index in [2.05, 4.69) is 27.1 Å². The fourth-order valence-corrected chi connectivity index (χ4v) is 4.78. The number of hydrogen-bond acceptors (Lipinski definition) is 5. The first-order valence-corrected chi connectivity index (χ1v) is 11.4. The zero-order valence-corrected chi connectivity index (χ0v) is 19.1. The summed E-state index contributed by atoms with van der Waals surface area (Å²) in [4.78, 5) is 20.6. The average Bonchev–Trinajstić information content (AvgIpc) is 2.80. The first-order chi connectivity index (χ1) is 15.9. The van der Waals surface area contributed by atoms with E-state index in [1.165, 1.54) is 0 Å². The van der Waals surface area contributed by atoms with Gasteiger partial charge >= 0.3 is 0 Å². The predicted octanol–water partition coefficient (Wildman–Crippen LogP) is 3.83. The molecule has 2 aliphatic heterocycles. The monoisotopic (exact) mass is 465 g/mol. The molecule has 1 saturated heterocycles. The molecule has 3 heterocycles. The fraction of sp³-hybridized carbons (Fsp3) is 0.280. The molecule has 1 aromatic heterocycles. The summed E-state index contributed by atoms with van der Waals surface area (Å²) in [7, 11) is 2.11. The fourth-order valence-electron chi connectivity index (χ4n) is 4.50. The van der Waals surface area contributed by atoms with Crippen LogP contribution in [0.1, 0.15) is 15.9 Å². The van der Waals surface area contributed by atoms with Crippen molar-refractivity contribution in [2.45, 2.75) is 6.42 Å². The van der Waals surface area contributed by atoms with Crippen molar-refractivity contribution in [3.8, 4) is 22.3 Å². The van der Waals surface area contributed by atoms with E-state index in [1.807, 2.05) is 30.3 Å². The number of anilines is 2. The van der Waals surface area contributed by atoms with Crippen LogP contribution in [0.15, 0.2) is 42.5 Å². The predicted molar refractivity (Wildman–Crippen MR) is 130 cm³/mol. The third kappa shape index (κ3) is 4.14. The third-order valence-corrected chi connectivity index (χ3v) is 6.77. The summed E-state index contributed by atoms with van der Waals surface area (Å²) in [6.45, 7) is 4.41. The van der Waals surface area contributed by atoms with Crippen LogP contribution in [0.2, 0.25) is 5.02 Å².